The molecule has 2 N–H and O–H groups in total. The van der Waals surface area contributed by atoms with E-state index in [1.807, 2.05) is 0 Å². The molecule has 2 unspecified atom stereocenters. The highest BCUT2D eigenvalue weighted by Gasteiger charge is 2.24. The molecule has 1 aromatic carbocycles. The van der Waals surface area contributed by atoms with Crippen LogP contribution in [0.15, 0.2) is 12.1 Å². The number of halogens is 2. The van der Waals surface area contributed by atoms with Crippen molar-refractivity contribution in [3.63, 3.8) is 0 Å². The van der Waals surface area contributed by atoms with Gasteiger partial charge >= 0.3 is 5.69 Å². The molecule has 2 atom stereocenters. The summed E-state index contributed by atoms with van der Waals surface area (Å²) >= 11 is 0. The van der Waals surface area contributed by atoms with E-state index in [-0.39, 0.29) is 17.7 Å². The van der Waals surface area contributed by atoms with Gasteiger partial charge in [-0.1, -0.05) is 6.42 Å². The lowest BCUT2D eigenvalue weighted by Crippen LogP contribution is -2.25. The molecular formula is C13H16F2N2O3. The number of nitrogens with one attached hydrogen (secondary N) is 1. The van der Waals surface area contributed by atoms with E-state index in [9.17, 15) is 24.0 Å². The van der Waals surface area contributed by atoms with E-state index < -0.39 is 22.2 Å². The molecule has 1 saturated carbocycles. The minimum atomic E-state index is -1.19. The molecule has 0 bridgehead atoms. The lowest BCUT2D eigenvalue weighted by molar-refractivity contribution is -0.386. The second-order valence-corrected chi connectivity index (χ2v) is 5.11. The fourth-order valence-corrected chi connectivity index (χ4v) is 2.59. The van der Waals surface area contributed by atoms with Crippen molar-refractivity contribution in [3.8, 4) is 0 Å². The summed E-state index contributed by atoms with van der Waals surface area (Å²) < 4.78 is 26.6. The minimum Gasteiger partial charge on any atom is -0.393 e. The largest absolute Gasteiger partial charge is 0.393 e. The second-order valence-electron chi connectivity index (χ2n) is 5.11. The molecule has 2 rings (SSSR count). The Morgan fingerprint density at radius 1 is 1.40 bits per heavy atom. The lowest BCUT2D eigenvalue weighted by Gasteiger charge is -2.26. The van der Waals surface area contributed by atoms with Crippen molar-refractivity contribution < 1.29 is 18.8 Å². The molecule has 7 heteroatoms. The molecular weight excluding hydrogens is 270 g/mol. The second kappa shape index (κ2) is 6.13. The smallest absolute Gasteiger partial charge is 0.327 e. The van der Waals surface area contributed by atoms with Crippen LogP contribution in [-0.4, -0.2) is 22.7 Å². The Kier molecular flexibility index (Phi) is 4.49. The molecule has 0 spiro atoms. The highest BCUT2D eigenvalue weighted by molar-refractivity contribution is 5.62. The van der Waals surface area contributed by atoms with Crippen LogP contribution in [0.3, 0.4) is 0 Å². The maximum atomic E-state index is 13.4. The molecule has 1 aliphatic carbocycles. The van der Waals surface area contributed by atoms with E-state index >= 15 is 0 Å². The van der Waals surface area contributed by atoms with E-state index in [1.54, 1.807) is 0 Å². The molecule has 5 nitrogen and oxygen atoms in total. The van der Waals surface area contributed by atoms with Gasteiger partial charge in [0.1, 0.15) is 11.5 Å². The van der Waals surface area contributed by atoms with Gasteiger partial charge in [-0.25, -0.2) is 4.39 Å². The summed E-state index contributed by atoms with van der Waals surface area (Å²) in [7, 11) is 0. The van der Waals surface area contributed by atoms with Gasteiger partial charge in [0.2, 0.25) is 5.82 Å². The number of rotatable bonds is 4. The first-order valence-corrected chi connectivity index (χ1v) is 6.52. The van der Waals surface area contributed by atoms with Crippen molar-refractivity contribution in [2.75, 3.05) is 11.9 Å². The third-order valence-electron chi connectivity index (χ3n) is 3.55. The van der Waals surface area contributed by atoms with Gasteiger partial charge in [0.25, 0.3) is 0 Å². The molecule has 110 valence electrons. The number of nitro benzene ring substituents is 1. The summed E-state index contributed by atoms with van der Waals surface area (Å²) in [5.74, 6) is -1.91. The Morgan fingerprint density at radius 2 is 2.15 bits per heavy atom. The van der Waals surface area contributed by atoms with Gasteiger partial charge in [0.15, 0.2) is 0 Å². The first kappa shape index (κ1) is 14.6. The van der Waals surface area contributed by atoms with Crippen molar-refractivity contribution in [2.24, 2.45) is 5.92 Å². The van der Waals surface area contributed by atoms with Crippen LogP contribution in [0.2, 0.25) is 0 Å². The molecule has 0 amide bonds. The third kappa shape index (κ3) is 3.41. The summed E-state index contributed by atoms with van der Waals surface area (Å²) in [5, 5.41) is 23.1. The van der Waals surface area contributed by atoms with Gasteiger partial charge in [0.05, 0.1) is 11.0 Å². The first-order valence-electron chi connectivity index (χ1n) is 6.52. The van der Waals surface area contributed by atoms with Gasteiger partial charge in [-0.05, 0) is 25.2 Å². The molecule has 0 saturated heterocycles. The highest BCUT2D eigenvalue weighted by Crippen LogP contribution is 2.30. The number of aliphatic hydroxyl groups is 1. The zero-order chi connectivity index (χ0) is 14.7. The number of hydrogen-bond acceptors (Lipinski definition) is 4. The van der Waals surface area contributed by atoms with Crippen LogP contribution in [0.25, 0.3) is 0 Å². The van der Waals surface area contributed by atoms with Crippen molar-refractivity contribution in [2.45, 2.75) is 31.8 Å². The Morgan fingerprint density at radius 3 is 2.80 bits per heavy atom. The fourth-order valence-electron chi connectivity index (χ4n) is 2.59. The number of hydrogen-bond donors (Lipinski definition) is 2. The van der Waals surface area contributed by atoms with Crippen molar-refractivity contribution in [1.82, 2.24) is 0 Å². The molecule has 0 heterocycles. The van der Waals surface area contributed by atoms with Gasteiger partial charge in [-0.2, -0.15) is 4.39 Å². The van der Waals surface area contributed by atoms with Crippen molar-refractivity contribution >= 4 is 11.4 Å². The number of aliphatic hydroxyl groups excluding tert-OH is 1. The first-order chi connectivity index (χ1) is 9.47. The SMILES string of the molecule is O=[N+]([O-])c1c(F)cc(F)cc1NCC1CCCC(O)C1. The van der Waals surface area contributed by atoms with E-state index in [0.717, 1.165) is 25.3 Å². The predicted octanol–water partition coefficient (Wildman–Crippen LogP) is 2.84. The Balaban J connectivity index is 2.10. The average molecular weight is 286 g/mol. The number of nitrogens with zero attached hydrogens (tertiary/aromatic N) is 1. The summed E-state index contributed by atoms with van der Waals surface area (Å²) in [6.07, 6.45) is 2.75. The standard InChI is InChI=1S/C13H16F2N2O3/c14-9-5-11(15)13(17(19)20)12(6-9)16-7-8-2-1-3-10(18)4-8/h5-6,8,10,16,18H,1-4,7H2. The van der Waals surface area contributed by atoms with E-state index in [0.29, 0.717) is 19.0 Å². The van der Waals surface area contributed by atoms with E-state index in [2.05, 4.69) is 5.32 Å². The van der Waals surface area contributed by atoms with Crippen molar-refractivity contribution in [1.29, 1.82) is 0 Å². The minimum absolute atomic E-state index is 0.143. The lowest BCUT2D eigenvalue weighted by atomic mass is 9.87. The Hall–Kier alpha value is -1.76. The normalized spacial score (nSPS) is 22.6. The quantitative estimate of drug-likeness (QED) is 0.659. The zero-order valence-corrected chi connectivity index (χ0v) is 10.8. The molecule has 1 fully saturated rings. The van der Waals surface area contributed by atoms with Gasteiger partial charge < -0.3 is 10.4 Å². The monoisotopic (exact) mass is 286 g/mol. The summed E-state index contributed by atoms with van der Waals surface area (Å²) in [5.41, 5.74) is -0.907. The maximum absolute atomic E-state index is 13.4. The number of anilines is 1. The highest BCUT2D eigenvalue weighted by atomic mass is 19.1. The summed E-state index contributed by atoms with van der Waals surface area (Å²) in [6.45, 7) is 0.348. The summed E-state index contributed by atoms with van der Waals surface area (Å²) in [6, 6.07) is 1.41. The fraction of sp³-hybridized carbons (Fsp3) is 0.538. The van der Waals surface area contributed by atoms with Gasteiger partial charge in [-0.3, -0.25) is 10.1 Å². The topological polar surface area (TPSA) is 75.4 Å². The Labute approximate surface area is 114 Å². The number of nitro groups is 1. The molecule has 1 aromatic rings. The Bertz CT molecular complexity index is 511. The molecule has 0 aromatic heterocycles. The third-order valence-corrected chi connectivity index (χ3v) is 3.55. The van der Waals surface area contributed by atoms with Crippen LogP contribution in [0.5, 0.6) is 0 Å². The molecule has 1 aliphatic rings. The van der Waals surface area contributed by atoms with Crippen LogP contribution < -0.4 is 5.32 Å². The van der Waals surface area contributed by atoms with Crippen LogP contribution in [0.4, 0.5) is 20.2 Å². The molecule has 20 heavy (non-hydrogen) atoms. The van der Waals surface area contributed by atoms with E-state index in [1.165, 1.54) is 0 Å². The maximum Gasteiger partial charge on any atom is 0.327 e. The predicted molar refractivity (Wildman–Crippen MR) is 69.5 cm³/mol. The zero-order valence-electron chi connectivity index (χ0n) is 10.8. The van der Waals surface area contributed by atoms with E-state index in [4.69, 9.17) is 0 Å². The molecule has 0 radical (unpaired) electrons. The molecule has 0 aliphatic heterocycles. The van der Waals surface area contributed by atoms with Crippen molar-refractivity contribution in [3.05, 3.63) is 33.9 Å². The van der Waals surface area contributed by atoms with Gasteiger partial charge in [-0.15, -0.1) is 0 Å². The van der Waals surface area contributed by atoms with Crippen LogP contribution in [-0.2, 0) is 0 Å². The summed E-state index contributed by atoms with van der Waals surface area (Å²) in [4.78, 5) is 9.95. The van der Waals surface area contributed by atoms with Crippen LogP contribution in [0, 0.1) is 27.7 Å². The number of benzene rings is 1. The van der Waals surface area contributed by atoms with Crippen LogP contribution >= 0.6 is 0 Å². The van der Waals surface area contributed by atoms with Crippen LogP contribution in [0.1, 0.15) is 25.7 Å². The van der Waals surface area contributed by atoms with Gasteiger partial charge in [0, 0.05) is 18.7 Å². The average Bonchev–Trinajstić information content (AvgIpc) is 2.35.